The number of amides is 1. The Labute approximate surface area is 176 Å². The van der Waals surface area contributed by atoms with Gasteiger partial charge in [-0.05, 0) is 62.1 Å². The molecule has 0 saturated carbocycles. The van der Waals surface area contributed by atoms with Crippen LogP contribution in [0.5, 0.6) is 11.5 Å². The van der Waals surface area contributed by atoms with Crippen LogP contribution >= 0.6 is 11.6 Å². The van der Waals surface area contributed by atoms with Gasteiger partial charge < -0.3 is 19.7 Å². The van der Waals surface area contributed by atoms with Gasteiger partial charge in [0.1, 0.15) is 0 Å². The van der Waals surface area contributed by atoms with Crippen LogP contribution in [0.25, 0.3) is 0 Å². The molecule has 1 N–H and O–H groups in total. The molecule has 8 heteroatoms. The van der Waals surface area contributed by atoms with Crippen molar-refractivity contribution in [3.05, 3.63) is 40.5 Å². The van der Waals surface area contributed by atoms with Gasteiger partial charge in [-0.2, -0.15) is 0 Å². The average molecular weight is 419 g/mol. The summed E-state index contributed by atoms with van der Waals surface area (Å²) < 4.78 is 10.8. The number of hydrogen-bond acceptors (Lipinski definition) is 6. The molecule has 1 saturated heterocycles. The number of rotatable bonds is 6. The molecule has 1 aromatic carbocycles. The van der Waals surface area contributed by atoms with Gasteiger partial charge in [0, 0.05) is 13.1 Å². The second-order valence-corrected chi connectivity index (χ2v) is 7.68. The lowest BCUT2D eigenvalue weighted by Crippen LogP contribution is -2.44. The average Bonchev–Trinajstić information content (AvgIpc) is 2.73. The van der Waals surface area contributed by atoms with Gasteiger partial charge in [-0.3, -0.25) is 4.79 Å². The van der Waals surface area contributed by atoms with Crippen LogP contribution in [0.4, 0.5) is 5.82 Å². The van der Waals surface area contributed by atoms with E-state index in [9.17, 15) is 4.79 Å². The number of aryl methyl sites for hydroxylation is 1. The van der Waals surface area contributed by atoms with Crippen molar-refractivity contribution in [3.63, 3.8) is 0 Å². The van der Waals surface area contributed by atoms with Crippen molar-refractivity contribution in [2.75, 3.05) is 32.2 Å². The molecule has 0 spiro atoms. The van der Waals surface area contributed by atoms with E-state index in [1.54, 1.807) is 20.3 Å². The van der Waals surface area contributed by atoms with E-state index in [1.807, 2.05) is 32.0 Å². The van der Waals surface area contributed by atoms with Gasteiger partial charge in [0.15, 0.2) is 22.5 Å². The van der Waals surface area contributed by atoms with Gasteiger partial charge in [0.2, 0.25) is 5.91 Å². The number of aromatic nitrogens is 2. The van der Waals surface area contributed by atoms with Crippen molar-refractivity contribution in [2.24, 2.45) is 5.92 Å². The highest BCUT2D eigenvalue weighted by Crippen LogP contribution is 2.33. The third kappa shape index (κ3) is 4.90. The Morgan fingerprint density at radius 2 is 1.97 bits per heavy atom. The normalized spacial score (nSPS) is 17.6. The van der Waals surface area contributed by atoms with E-state index >= 15 is 0 Å². The van der Waals surface area contributed by atoms with Crippen molar-refractivity contribution in [1.29, 1.82) is 0 Å². The van der Waals surface area contributed by atoms with E-state index in [2.05, 4.69) is 20.4 Å². The molecule has 0 bridgehead atoms. The molecular formula is C21H27ClN4O3. The zero-order valence-electron chi connectivity index (χ0n) is 17.2. The summed E-state index contributed by atoms with van der Waals surface area (Å²) in [5.74, 6) is 2.01. The summed E-state index contributed by atoms with van der Waals surface area (Å²) in [5, 5.41) is 11.6. The molecule has 2 atom stereocenters. The quantitative estimate of drug-likeness (QED) is 0.773. The molecule has 1 aliphatic rings. The van der Waals surface area contributed by atoms with E-state index < -0.39 is 0 Å². The first-order valence-electron chi connectivity index (χ1n) is 9.70. The molecule has 0 unspecified atom stereocenters. The molecular weight excluding hydrogens is 392 g/mol. The number of benzene rings is 1. The van der Waals surface area contributed by atoms with Gasteiger partial charge in [0.25, 0.3) is 0 Å². The van der Waals surface area contributed by atoms with Gasteiger partial charge in [-0.1, -0.05) is 11.6 Å². The zero-order valence-corrected chi connectivity index (χ0v) is 18.0. The minimum Gasteiger partial charge on any atom is -0.493 e. The number of methoxy groups -OCH3 is 2. The van der Waals surface area contributed by atoms with Gasteiger partial charge in [0.05, 0.1) is 26.2 Å². The lowest BCUT2D eigenvalue weighted by Gasteiger charge is -2.33. The number of halogens is 1. The highest BCUT2D eigenvalue weighted by molar-refractivity contribution is 6.29. The predicted octanol–water partition coefficient (Wildman–Crippen LogP) is 3.55. The number of nitrogens with one attached hydrogen (secondary N) is 1. The standard InChI is InChI=1S/C21H27ClN4O3/c1-13-10-17(28-3)18(29-4)11-16(13)14(2)23-21(27)15-6-5-9-26(12-15)20-8-7-19(22)24-25-20/h7-8,10-11,14-15H,5-6,9,12H2,1-4H3,(H,23,27)/t14-,15-/m0/s1. The summed E-state index contributed by atoms with van der Waals surface area (Å²) in [6, 6.07) is 7.27. The summed E-state index contributed by atoms with van der Waals surface area (Å²) in [6.45, 7) is 5.45. The molecule has 1 amide bonds. The Balaban J connectivity index is 1.68. The van der Waals surface area contributed by atoms with E-state index in [-0.39, 0.29) is 17.9 Å². The van der Waals surface area contributed by atoms with Crippen LogP contribution in [0, 0.1) is 12.8 Å². The first kappa shape index (κ1) is 21.2. The van der Waals surface area contributed by atoms with E-state index in [0.717, 1.165) is 36.3 Å². The molecule has 156 valence electrons. The summed E-state index contributed by atoms with van der Waals surface area (Å²) in [7, 11) is 3.22. The molecule has 2 heterocycles. The van der Waals surface area contributed by atoms with Gasteiger partial charge in [-0.25, -0.2) is 0 Å². The maximum absolute atomic E-state index is 13.0. The SMILES string of the molecule is COc1cc(C)c([C@H](C)NC(=O)[C@H]2CCCN(c3ccc(Cl)nn3)C2)cc1OC. The molecule has 1 aromatic heterocycles. The number of nitrogens with zero attached hydrogens (tertiary/aromatic N) is 3. The van der Waals surface area contributed by atoms with Crippen molar-refractivity contribution in [2.45, 2.75) is 32.7 Å². The zero-order chi connectivity index (χ0) is 21.0. The van der Waals surface area contributed by atoms with Crippen LogP contribution in [0.1, 0.15) is 36.9 Å². The maximum atomic E-state index is 13.0. The third-order valence-electron chi connectivity index (χ3n) is 5.33. The molecule has 1 fully saturated rings. The molecule has 0 aliphatic carbocycles. The molecule has 29 heavy (non-hydrogen) atoms. The summed E-state index contributed by atoms with van der Waals surface area (Å²) >= 11 is 5.83. The molecule has 7 nitrogen and oxygen atoms in total. The van der Waals surface area contributed by atoms with Crippen molar-refractivity contribution in [1.82, 2.24) is 15.5 Å². The van der Waals surface area contributed by atoms with Crippen LogP contribution in [0.2, 0.25) is 5.15 Å². The van der Waals surface area contributed by atoms with Gasteiger partial charge in [-0.15, -0.1) is 10.2 Å². The second-order valence-electron chi connectivity index (χ2n) is 7.29. The summed E-state index contributed by atoms with van der Waals surface area (Å²) in [5.41, 5.74) is 2.05. The van der Waals surface area contributed by atoms with E-state index in [4.69, 9.17) is 21.1 Å². The summed E-state index contributed by atoms with van der Waals surface area (Å²) in [4.78, 5) is 15.0. The predicted molar refractivity (Wildman–Crippen MR) is 113 cm³/mol. The molecule has 1 aliphatic heterocycles. The molecule has 2 aromatic rings. The van der Waals surface area contributed by atoms with Crippen LogP contribution in [-0.4, -0.2) is 43.4 Å². The Morgan fingerprint density at radius 1 is 1.24 bits per heavy atom. The largest absolute Gasteiger partial charge is 0.493 e. The minimum absolute atomic E-state index is 0.0401. The number of hydrogen-bond donors (Lipinski definition) is 1. The number of piperidine rings is 1. The fourth-order valence-electron chi connectivity index (χ4n) is 3.75. The van der Waals surface area contributed by atoms with E-state index in [1.165, 1.54) is 0 Å². The Morgan fingerprint density at radius 3 is 2.62 bits per heavy atom. The van der Waals surface area contributed by atoms with Crippen molar-refractivity contribution in [3.8, 4) is 11.5 Å². The Hall–Kier alpha value is -2.54. The smallest absolute Gasteiger partial charge is 0.225 e. The van der Waals surface area contributed by atoms with Crippen molar-refractivity contribution < 1.29 is 14.3 Å². The number of carbonyl (C=O) groups excluding carboxylic acids is 1. The number of anilines is 1. The maximum Gasteiger partial charge on any atom is 0.225 e. The molecule has 0 radical (unpaired) electrons. The lowest BCUT2D eigenvalue weighted by molar-refractivity contribution is -0.125. The lowest BCUT2D eigenvalue weighted by atomic mass is 9.95. The first-order valence-corrected chi connectivity index (χ1v) is 10.1. The van der Waals surface area contributed by atoms with Crippen LogP contribution in [0.15, 0.2) is 24.3 Å². The number of carbonyl (C=O) groups is 1. The second kappa shape index (κ2) is 9.31. The first-order chi connectivity index (χ1) is 13.9. The van der Waals surface area contributed by atoms with Crippen LogP contribution < -0.4 is 19.7 Å². The van der Waals surface area contributed by atoms with Crippen LogP contribution in [0.3, 0.4) is 0 Å². The monoisotopic (exact) mass is 418 g/mol. The highest BCUT2D eigenvalue weighted by atomic mass is 35.5. The van der Waals surface area contributed by atoms with E-state index in [0.29, 0.717) is 23.2 Å². The molecule has 3 rings (SSSR count). The fourth-order valence-corrected chi connectivity index (χ4v) is 3.85. The summed E-state index contributed by atoms with van der Waals surface area (Å²) in [6.07, 6.45) is 1.77. The Kier molecular flexibility index (Phi) is 6.79. The van der Waals surface area contributed by atoms with Crippen LogP contribution in [-0.2, 0) is 4.79 Å². The van der Waals surface area contributed by atoms with Crippen molar-refractivity contribution >= 4 is 23.3 Å². The fraction of sp³-hybridized carbons (Fsp3) is 0.476. The number of ether oxygens (including phenoxy) is 2. The highest BCUT2D eigenvalue weighted by Gasteiger charge is 2.28. The Bertz CT molecular complexity index is 860. The third-order valence-corrected chi connectivity index (χ3v) is 5.53. The topological polar surface area (TPSA) is 76.6 Å². The minimum atomic E-state index is -0.145. The van der Waals surface area contributed by atoms with Gasteiger partial charge >= 0.3 is 0 Å².